The lowest BCUT2D eigenvalue weighted by molar-refractivity contribution is 0.0685. The van der Waals surface area contributed by atoms with Crippen molar-refractivity contribution >= 4 is 5.91 Å². The summed E-state index contributed by atoms with van der Waals surface area (Å²) >= 11 is 0. The molecule has 1 amide bonds. The molecular weight excluding hydrogens is 236 g/mol. The Hall–Kier alpha value is -1.82. The van der Waals surface area contributed by atoms with Crippen LogP contribution < -0.4 is 0 Å². The highest BCUT2D eigenvalue weighted by Gasteiger charge is 2.19. The quantitative estimate of drug-likeness (QED) is 0.782. The minimum absolute atomic E-state index is 0.0623. The van der Waals surface area contributed by atoms with Gasteiger partial charge in [-0.05, 0) is 44.0 Å². The zero-order valence-electron chi connectivity index (χ0n) is 12.0. The van der Waals surface area contributed by atoms with E-state index in [1.54, 1.807) is 24.3 Å². The maximum absolute atomic E-state index is 12.5. The van der Waals surface area contributed by atoms with Crippen LogP contribution in [0.5, 0.6) is 0 Å². The van der Waals surface area contributed by atoms with Crippen LogP contribution >= 0.6 is 0 Å². The first-order valence-corrected chi connectivity index (χ1v) is 6.95. The van der Waals surface area contributed by atoms with Crippen LogP contribution in [-0.2, 0) is 0 Å². The molecule has 0 bridgehead atoms. The molecule has 102 valence electrons. The average Bonchev–Trinajstić information content (AvgIpc) is 2.47. The number of amides is 1. The van der Waals surface area contributed by atoms with E-state index in [9.17, 15) is 4.79 Å². The minimum atomic E-state index is 0.0623. The van der Waals surface area contributed by atoms with Crippen LogP contribution in [0.4, 0.5) is 0 Å². The molecule has 19 heavy (non-hydrogen) atoms. The second-order valence-electron chi connectivity index (χ2n) is 4.80. The molecule has 0 aliphatic carbocycles. The van der Waals surface area contributed by atoms with Crippen LogP contribution in [0.15, 0.2) is 24.3 Å². The van der Waals surface area contributed by atoms with Crippen LogP contribution in [0.25, 0.3) is 0 Å². The molecule has 3 nitrogen and oxygen atoms in total. The van der Waals surface area contributed by atoms with Gasteiger partial charge in [-0.2, -0.15) is 5.26 Å². The van der Waals surface area contributed by atoms with Crippen LogP contribution in [0.2, 0.25) is 0 Å². The number of hydrogen-bond acceptors (Lipinski definition) is 2. The number of nitriles is 1. The molecule has 0 heterocycles. The number of rotatable bonds is 6. The van der Waals surface area contributed by atoms with Crippen molar-refractivity contribution in [3.63, 3.8) is 0 Å². The summed E-state index contributed by atoms with van der Waals surface area (Å²) in [7, 11) is 0. The Kier molecular flexibility index (Phi) is 6.08. The predicted molar refractivity (Wildman–Crippen MR) is 76.9 cm³/mol. The van der Waals surface area contributed by atoms with Gasteiger partial charge in [-0.15, -0.1) is 0 Å². The lowest BCUT2D eigenvalue weighted by atomic mass is 10.1. The van der Waals surface area contributed by atoms with Crippen molar-refractivity contribution in [2.24, 2.45) is 0 Å². The Morgan fingerprint density at radius 2 is 1.95 bits per heavy atom. The zero-order valence-corrected chi connectivity index (χ0v) is 12.0. The molecule has 0 saturated carbocycles. The summed E-state index contributed by atoms with van der Waals surface area (Å²) in [6.45, 7) is 7.10. The molecule has 0 aliphatic rings. The van der Waals surface area contributed by atoms with E-state index in [-0.39, 0.29) is 11.9 Å². The van der Waals surface area contributed by atoms with Gasteiger partial charge in [0.1, 0.15) is 0 Å². The Morgan fingerprint density at radius 1 is 1.32 bits per heavy atom. The fourth-order valence-electron chi connectivity index (χ4n) is 1.92. The lowest BCUT2D eigenvalue weighted by Crippen LogP contribution is -2.39. The van der Waals surface area contributed by atoms with E-state index in [1.807, 2.05) is 4.90 Å². The first kappa shape index (κ1) is 15.2. The fraction of sp³-hybridized carbons (Fsp3) is 0.500. The summed E-state index contributed by atoms with van der Waals surface area (Å²) in [5.41, 5.74) is 1.25. The molecule has 1 rings (SSSR count). The molecular formula is C16H22N2O. The van der Waals surface area contributed by atoms with E-state index in [1.165, 1.54) is 0 Å². The standard InChI is InChI=1S/C16H22N2O/c1-4-6-11-18(13(3)5-2)16(19)15-9-7-14(12-17)8-10-15/h7-10,13H,4-6,11H2,1-3H3. The van der Waals surface area contributed by atoms with Crippen molar-refractivity contribution in [3.8, 4) is 6.07 Å². The molecule has 0 fully saturated rings. The van der Waals surface area contributed by atoms with E-state index in [0.717, 1.165) is 25.8 Å². The van der Waals surface area contributed by atoms with Gasteiger partial charge in [0.2, 0.25) is 0 Å². The van der Waals surface area contributed by atoms with Crippen LogP contribution in [0.1, 0.15) is 56.0 Å². The monoisotopic (exact) mass is 258 g/mol. The molecule has 1 unspecified atom stereocenters. The first-order valence-electron chi connectivity index (χ1n) is 6.95. The van der Waals surface area contributed by atoms with E-state index in [2.05, 4.69) is 26.8 Å². The van der Waals surface area contributed by atoms with Crippen LogP contribution in [-0.4, -0.2) is 23.4 Å². The summed E-state index contributed by atoms with van der Waals surface area (Å²) in [6, 6.07) is 9.18. The highest BCUT2D eigenvalue weighted by atomic mass is 16.2. The molecule has 0 radical (unpaired) electrons. The van der Waals surface area contributed by atoms with Crippen molar-refractivity contribution in [2.75, 3.05) is 6.54 Å². The Balaban J connectivity index is 2.88. The van der Waals surface area contributed by atoms with E-state index < -0.39 is 0 Å². The van der Waals surface area contributed by atoms with E-state index in [0.29, 0.717) is 11.1 Å². The summed E-state index contributed by atoms with van der Waals surface area (Å²) in [5, 5.41) is 8.77. The van der Waals surface area contributed by atoms with Gasteiger partial charge in [0.25, 0.3) is 5.91 Å². The van der Waals surface area contributed by atoms with Crippen molar-refractivity contribution in [3.05, 3.63) is 35.4 Å². The van der Waals surface area contributed by atoms with Gasteiger partial charge in [0.15, 0.2) is 0 Å². The molecule has 1 atom stereocenters. The molecule has 0 aliphatic heterocycles. The smallest absolute Gasteiger partial charge is 0.254 e. The number of carbonyl (C=O) groups is 1. The molecule has 0 spiro atoms. The predicted octanol–water partition coefficient (Wildman–Crippen LogP) is 3.60. The fourth-order valence-corrected chi connectivity index (χ4v) is 1.92. The van der Waals surface area contributed by atoms with Gasteiger partial charge in [-0.3, -0.25) is 4.79 Å². The van der Waals surface area contributed by atoms with Crippen LogP contribution in [0.3, 0.4) is 0 Å². The molecule has 3 heteroatoms. The maximum atomic E-state index is 12.5. The zero-order chi connectivity index (χ0) is 14.3. The number of benzene rings is 1. The summed E-state index contributed by atoms with van der Waals surface area (Å²) in [4.78, 5) is 14.4. The van der Waals surface area contributed by atoms with Gasteiger partial charge in [0.05, 0.1) is 11.6 Å². The molecule has 1 aromatic carbocycles. The summed E-state index contributed by atoms with van der Waals surface area (Å²) in [5.74, 6) is 0.0623. The highest BCUT2D eigenvalue weighted by molar-refractivity contribution is 5.94. The minimum Gasteiger partial charge on any atom is -0.336 e. The lowest BCUT2D eigenvalue weighted by Gasteiger charge is -2.28. The number of carbonyl (C=O) groups excluding carboxylic acids is 1. The largest absolute Gasteiger partial charge is 0.336 e. The molecule has 0 N–H and O–H groups in total. The maximum Gasteiger partial charge on any atom is 0.254 e. The van der Waals surface area contributed by atoms with E-state index in [4.69, 9.17) is 5.26 Å². The van der Waals surface area contributed by atoms with Gasteiger partial charge < -0.3 is 4.90 Å². The van der Waals surface area contributed by atoms with Crippen LogP contribution in [0, 0.1) is 11.3 Å². The Bertz CT molecular complexity index is 445. The Morgan fingerprint density at radius 3 is 2.42 bits per heavy atom. The second-order valence-corrected chi connectivity index (χ2v) is 4.80. The number of hydrogen-bond donors (Lipinski definition) is 0. The van der Waals surface area contributed by atoms with Gasteiger partial charge in [-0.25, -0.2) is 0 Å². The summed E-state index contributed by atoms with van der Waals surface area (Å²) in [6.07, 6.45) is 3.05. The van der Waals surface area contributed by atoms with Crippen molar-refractivity contribution in [2.45, 2.75) is 46.1 Å². The third-order valence-electron chi connectivity index (χ3n) is 3.40. The number of unbranched alkanes of at least 4 members (excludes halogenated alkanes) is 1. The topological polar surface area (TPSA) is 44.1 Å². The third kappa shape index (κ3) is 4.10. The van der Waals surface area contributed by atoms with Crippen molar-refractivity contribution in [1.82, 2.24) is 4.90 Å². The SMILES string of the molecule is CCCCN(C(=O)c1ccc(C#N)cc1)C(C)CC. The summed E-state index contributed by atoms with van der Waals surface area (Å²) < 4.78 is 0. The average molecular weight is 258 g/mol. The Labute approximate surface area is 115 Å². The van der Waals surface area contributed by atoms with Gasteiger partial charge in [0, 0.05) is 18.2 Å². The normalized spacial score (nSPS) is 11.7. The van der Waals surface area contributed by atoms with Gasteiger partial charge in [-0.1, -0.05) is 20.3 Å². The first-order chi connectivity index (χ1) is 9.13. The van der Waals surface area contributed by atoms with Crippen molar-refractivity contribution < 1.29 is 4.79 Å². The molecule has 0 aromatic heterocycles. The molecule has 1 aromatic rings. The van der Waals surface area contributed by atoms with Gasteiger partial charge >= 0.3 is 0 Å². The van der Waals surface area contributed by atoms with Crippen molar-refractivity contribution in [1.29, 1.82) is 5.26 Å². The van der Waals surface area contributed by atoms with E-state index >= 15 is 0 Å². The highest BCUT2D eigenvalue weighted by Crippen LogP contribution is 2.13. The number of nitrogens with zero attached hydrogens (tertiary/aromatic N) is 2. The third-order valence-corrected chi connectivity index (χ3v) is 3.40. The molecule has 0 saturated heterocycles. The second kappa shape index (κ2) is 7.58.